The minimum atomic E-state index is -0.367. The van der Waals surface area contributed by atoms with Crippen molar-refractivity contribution in [2.45, 2.75) is 51.2 Å². The Morgan fingerprint density at radius 3 is 2.43 bits per heavy atom. The van der Waals surface area contributed by atoms with E-state index in [1.54, 1.807) is 6.92 Å². The molecule has 3 rings (SSSR count). The monoisotopic (exact) mass is 315 g/mol. The van der Waals surface area contributed by atoms with Gasteiger partial charge in [0.05, 0.1) is 6.04 Å². The molecule has 2 fully saturated rings. The summed E-state index contributed by atoms with van der Waals surface area (Å²) in [6, 6.07) is 10.8. The van der Waals surface area contributed by atoms with Gasteiger partial charge in [-0.3, -0.25) is 9.69 Å². The summed E-state index contributed by atoms with van der Waals surface area (Å²) < 4.78 is 0. The molecule has 1 heterocycles. The Labute approximate surface area is 139 Å². The topological polar surface area (TPSA) is 49.6 Å². The number of amides is 1. The normalized spacial score (nSPS) is 21.1. The lowest BCUT2D eigenvalue weighted by molar-refractivity contribution is -0.133. The molecule has 1 aliphatic carbocycles. The molecule has 0 radical (unpaired) electrons. The van der Waals surface area contributed by atoms with Crippen molar-refractivity contribution in [3.05, 3.63) is 35.9 Å². The van der Waals surface area contributed by atoms with Gasteiger partial charge in [-0.2, -0.15) is 0 Å². The smallest absolute Gasteiger partial charge is 0.239 e. The van der Waals surface area contributed by atoms with Crippen LogP contribution in [0.4, 0.5) is 0 Å². The number of benzene rings is 1. The molecule has 1 saturated heterocycles. The molecule has 126 valence electrons. The number of rotatable bonds is 6. The Kier molecular flexibility index (Phi) is 5.34. The summed E-state index contributed by atoms with van der Waals surface area (Å²) in [6.45, 7) is 6.01. The van der Waals surface area contributed by atoms with Crippen LogP contribution in [-0.2, 0) is 11.3 Å². The van der Waals surface area contributed by atoms with Crippen LogP contribution in [-0.4, -0.2) is 47.4 Å². The van der Waals surface area contributed by atoms with E-state index >= 15 is 0 Å². The third kappa shape index (κ3) is 4.55. The van der Waals surface area contributed by atoms with Crippen LogP contribution >= 0.6 is 0 Å². The largest absolute Gasteiger partial charge is 0.338 e. The highest BCUT2D eigenvalue weighted by Crippen LogP contribution is 2.30. The molecular formula is C19H29N3O. The molecule has 0 aromatic heterocycles. The lowest BCUT2D eigenvalue weighted by Crippen LogP contribution is -2.47. The first-order valence-corrected chi connectivity index (χ1v) is 8.96. The van der Waals surface area contributed by atoms with Gasteiger partial charge in [0, 0.05) is 19.1 Å². The van der Waals surface area contributed by atoms with Crippen molar-refractivity contribution >= 4 is 5.91 Å². The minimum Gasteiger partial charge on any atom is -0.338 e. The quantitative estimate of drug-likeness (QED) is 0.876. The Hall–Kier alpha value is -1.39. The van der Waals surface area contributed by atoms with E-state index in [-0.39, 0.29) is 11.9 Å². The maximum atomic E-state index is 12.3. The Balaban J connectivity index is 1.47. The summed E-state index contributed by atoms with van der Waals surface area (Å²) in [6.07, 6.45) is 4.68. The zero-order valence-corrected chi connectivity index (χ0v) is 14.2. The molecule has 1 unspecified atom stereocenters. The first kappa shape index (κ1) is 16.5. The molecule has 0 spiro atoms. The molecule has 4 nitrogen and oxygen atoms in total. The summed E-state index contributed by atoms with van der Waals surface area (Å²) in [4.78, 5) is 16.9. The van der Waals surface area contributed by atoms with Gasteiger partial charge in [0.15, 0.2) is 0 Å². The molecular weight excluding hydrogens is 286 g/mol. The van der Waals surface area contributed by atoms with Gasteiger partial charge >= 0.3 is 0 Å². The van der Waals surface area contributed by atoms with Crippen molar-refractivity contribution in [2.75, 3.05) is 19.6 Å². The van der Waals surface area contributed by atoms with Crippen LogP contribution in [0.25, 0.3) is 0 Å². The fraction of sp³-hybridized carbons (Fsp3) is 0.632. The lowest BCUT2D eigenvalue weighted by atomic mass is 9.95. The number of piperidine rings is 1. The third-order valence-electron chi connectivity index (χ3n) is 5.07. The van der Waals surface area contributed by atoms with Gasteiger partial charge in [-0.15, -0.1) is 0 Å². The van der Waals surface area contributed by atoms with Crippen LogP contribution in [0.15, 0.2) is 30.3 Å². The van der Waals surface area contributed by atoms with Crippen LogP contribution in [0.3, 0.4) is 0 Å². The van der Waals surface area contributed by atoms with E-state index in [0.29, 0.717) is 12.0 Å². The van der Waals surface area contributed by atoms with E-state index in [4.69, 9.17) is 5.73 Å². The predicted molar refractivity (Wildman–Crippen MR) is 92.8 cm³/mol. The molecule has 0 bridgehead atoms. The molecule has 2 N–H and O–H groups in total. The van der Waals surface area contributed by atoms with Crippen LogP contribution < -0.4 is 5.73 Å². The SMILES string of the molecule is CC(N)C(=O)N(CC1CCN(Cc2ccccc2)CC1)C1CC1. The van der Waals surface area contributed by atoms with Crippen LogP contribution in [0.1, 0.15) is 38.2 Å². The van der Waals surface area contributed by atoms with Crippen molar-refractivity contribution in [1.82, 2.24) is 9.80 Å². The van der Waals surface area contributed by atoms with Crippen molar-refractivity contribution in [2.24, 2.45) is 11.7 Å². The van der Waals surface area contributed by atoms with Gasteiger partial charge in [0.1, 0.15) is 0 Å². The zero-order chi connectivity index (χ0) is 16.2. The first-order chi connectivity index (χ1) is 11.1. The number of nitrogens with two attached hydrogens (primary N) is 1. The third-order valence-corrected chi connectivity index (χ3v) is 5.07. The van der Waals surface area contributed by atoms with E-state index in [1.807, 2.05) is 0 Å². The molecule has 1 aliphatic heterocycles. The molecule has 1 aromatic carbocycles. The highest BCUT2D eigenvalue weighted by Gasteiger charge is 2.35. The second kappa shape index (κ2) is 7.45. The molecule has 1 saturated carbocycles. The van der Waals surface area contributed by atoms with E-state index in [1.165, 1.54) is 18.4 Å². The maximum Gasteiger partial charge on any atom is 0.239 e. The number of carbonyl (C=O) groups excluding carboxylic acids is 1. The molecule has 23 heavy (non-hydrogen) atoms. The fourth-order valence-corrected chi connectivity index (χ4v) is 3.51. The van der Waals surface area contributed by atoms with Crippen molar-refractivity contribution in [3.8, 4) is 0 Å². The standard InChI is InChI=1S/C19H29N3O/c1-15(20)19(23)22(18-7-8-18)14-17-9-11-21(12-10-17)13-16-5-3-2-4-6-16/h2-6,15,17-18H,7-14,20H2,1H3. The molecule has 1 atom stereocenters. The fourth-order valence-electron chi connectivity index (χ4n) is 3.51. The summed E-state index contributed by atoms with van der Waals surface area (Å²) >= 11 is 0. The highest BCUT2D eigenvalue weighted by molar-refractivity contribution is 5.81. The molecule has 1 aromatic rings. The van der Waals surface area contributed by atoms with Gasteiger partial charge in [-0.1, -0.05) is 30.3 Å². The molecule has 2 aliphatic rings. The predicted octanol–water partition coefficient (Wildman–Crippen LogP) is 2.24. The number of carbonyl (C=O) groups is 1. The van der Waals surface area contributed by atoms with E-state index < -0.39 is 0 Å². The minimum absolute atomic E-state index is 0.138. The number of likely N-dealkylation sites (tertiary alicyclic amines) is 1. The number of hydrogen-bond donors (Lipinski definition) is 1. The first-order valence-electron chi connectivity index (χ1n) is 8.96. The average molecular weight is 315 g/mol. The zero-order valence-electron chi connectivity index (χ0n) is 14.2. The maximum absolute atomic E-state index is 12.3. The summed E-state index contributed by atoms with van der Waals surface area (Å²) in [5.41, 5.74) is 7.20. The van der Waals surface area contributed by atoms with Crippen molar-refractivity contribution < 1.29 is 4.79 Å². The molecule has 1 amide bonds. The van der Waals surface area contributed by atoms with E-state index in [2.05, 4.69) is 40.1 Å². The summed E-state index contributed by atoms with van der Waals surface area (Å²) in [5, 5.41) is 0. The Bertz CT molecular complexity index is 505. The number of nitrogens with zero attached hydrogens (tertiary/aromatic N) is 2. The van der Waals surface area contributed by atoms with Gasteiger partial charge in [-0.05, 0) is 57.2 Å². The summed E-state index contributed by atoms with van der Waals surface area (Å²) in [7, 11) is 0. The van der Waals surface area contributed by atoms with Gasteiger partial charge < -0.3 is 10.6 Å². The van der Waals surface area contributed by atoms with Crippen molar-refractivity contribution in [1.29, 1.82) is 0 Å². The van der Waals surface area contributed by atoms with Crippen LogP contribution in [0.5, 0.6) is 0 Å². The number of hydrogen-bond acceptors (Lipinski definition) is 3. The second-order valence-electron chi connectivity index (χ2n) is 7.22. The van der Waals surface area contributed by atoms with Crippen molar-refractivity contribution in [3.63, 3.8) is 0 Å². The van der Waals surface area contributed by atoms with Crippen LogP contribution in [0, 0.1) is 5.92 Å². The van der Waals surface area contributed by atoms with E-state index in [0.717, 1.165) is 39.0 Å². The highest BCUT2D eigenvalue weighted by atomic mass is 16.2. The van der Waals surface area contributed by atoms with Gasteiger partial charge in [0.25, 0.3) is 0 Å². The Morgan fingerprint density at radius 2 is 1.87 bits per heavy atom. The van der Waals surface area contributed by atoms with E-state index in [9.17, 15) is 4.79 Å². The lowest BCUT2D eigenvalue weighted by Gasteiger charge is -2.35. The Morgan fingerprint density at radius 1 is 1.22 bits per heavy atom. The van der Waals surface area contributed by atoms with Gasteiger partial charge in [0.2, 0.25) is 5.91 Å². The second-order valence-corrected chi connectivity index (χ2v) is 7.22. The molecule has 4 heteroatoms. The van der Waals surface area contributed by atoms with Gasteiger partial charge in [-0.25, -0.2) is 0 Å². The summed E-state index contributed by atoms with van der Waals surface area (Å²) in [5.74, 6) is 0.768. The average Bonchev–Trinajstić information content (AvgIpc) is 3.39. The van der Waals surface area contributed by atoms with Crippen LogP contribution in [0.2, 0.25) is 0 Å².